The summed E-state index contributed by atoms with van der Waals surface area (Å²) in [5, 5.41) is 11.2. The number of nitrogens with zero attached hydrogens (tertiary/aromatic N) is 4. The van der Waals surface area contributed by atoms with Gasteiger partial charge in [0.2, 0.25) is 0 Å². The molecule has 0 unspecified atom stereocenters. The van der Waals surface area contributed by atoms with E-state index < -0.39 is 0 Å². The van der Waals surface area contributed by atoms with Crippen LogP contribution in [-0.2, 0) is 26.5 Å². The van der Waals surface area contributed by atoms with Gasteiger partial charge in [-0.3, -0.25) is 4.57 Å². The maximum absolute atomic E-state index is 9.14. The van der Waals surface area contributed by atoms with Crippen molar-refractivity contribution in [2.75, 3.05) is 0 Å². The molecule has 0 amide bonds. The van der Waals surface area contributed by atoms with Gasteiger partial charge in [-0.2, -0.15) is 18.2 Å². The molecule has 60 heavy (non-hydrogen) atoms. The summed E-state index contributed by atoms with van der Waals surface area (Å²) in [5.41, 5.74) is 4.29. The van der Waals surface area contributed by atoms with Crippen molar-refractivity contribution in [1.82, 2.24) is 14.1 Å². The number of imidazole rings is 1. The van der Waals surface area contributed by atoms with Crippen LogP contribution < -0.4 is 9.30 Å². The summed E-state index contributed by atoms with van der Waals surface area (Å²) in [4.78, 5) is 4.80. The van der Waals surface area contributed by atoms with E-state index in [4.69, 9.17) is 12.5 Å². The molecule has 1 aliphatic rings. The topological polar surface area (TPSA) is 35.9 Å². The Balaban J connectivity index is 0.00000458. The van der Waals surface area contributed by atoms with Crippen LogP contribution in [0.25, 0.3) is 39.0 Å². The molecule has 3 heterocycles. The number of hydrogen-bond donors (Lipinski definition) is 0. The molecule has 0 bridgehead atoms. The molecule has 0 fully saturated rings. The van der Waals surface area contributed by atoms with E-state index in [9.17, 15) is 0 Å². The summed E-state index contributed by atoms with van der Waals surface area (Å²) in [7, 11) is 0. The standard InChI is InChI=1S/C54H38N4O.Pt/c1-54(2,3)36-27-28-55-53(31-36)58-51-22-11-10-21-48(51)49-26-24-40(34-52(49)58)59-39-14-12-13-37(32-39)56-29-30-57(35-56)38-23-25-47-45-19-7-6-17-43(45)41-15-4-5-16-42(41)44-18-8-9-20-46(44)50(47)33-38;/h4-31,33H,1-3H3;/q-2;/b43-41-,44-42-,47-45-,50-46-;/i29D,30D;. The molecule has 5 nitrogen and oxygen atoms in total. The summed E-state index contributed by atoms with van der Waals surface area (Å²) in [5.74, 6) is 1.77. The normalized spacial score (nSPS) is 14.7. The summed E-state index contributed by atoms with van der Waals surface area (Å²) in [6.07, 6.45) is 5.14. The summed E-state index contributed by atoms with van der Waals surface area (Å²) < 4.78 is 30.0. The predicted octanol–water partition coefficient (Wildman–Crippen LogP) is 11.2. The molecule has 0 saturated heterocycles. The molecule has 0 atom stereocenters. The molecule has 3 aromatic heterocycles. The van der Waals surface area contributed by atoms with E-state index >= 15 is 0 Å². The minimum absolute atomic E-state index is 0. The monoisotopic (exact) mass is 955 g/mol. The van der Waals surface area contributed by atoms with Crippen molar-refractivity contribution in [2.45, 2.75) is 26.2 Å². The number of para-hydroxylation sites is 1. The first-order valence-corrected chi connectivity index (χ1v) is 19.8. The van der Waals surface area contributed by atoms with Gasteiger partial charge in [-0.15, -0.1) is 29.7 Å². The van der Waals surface area contributed by atoms with Gasteiger partial charge in [0.15, 0.2) is 0 Å². The second-order valence-electron chi connectivity index (χ2n) is 16.0. The number of fused-ring (bicyclic) bond motifs is 7. The third-order valence-corrected chi connectivity index (χ3v) is 11.3. The first-order valence-electron chi connectivity index (χ1n) is 20.8. The predicted molar refractivity (Wildman–Crippen MR) is 231 cm³/mol. The van der Waals surface area contributed by atoms with Crippen LogP contribution >= 0.6 is 0 Å². The largest absolute Gasteiger partial charge is 0.510 e. The quantitative estimate of drug-likeness (QED) is 0.127. The van der Waals surface area contributed by atoms with Crippen LogP contribution in [-0.4, -0.2) is 14.1 Å². The zero-order chi connectivity index (χ0) is 41.4. The Kier molecular flexibility index (Phi) is 8.66. The van der Waals surface area contributed by atoms with Crippen LogP contribution in [0.3, 0.4) is 0 Å². The Labute approximate surface area is 364 Å². The van der Waals surface area contributed by atoms with Crippen molar-refractivity contribution in [1.29, 1.82) is 0 Å². The second kappa shape index (κ2) is 14.8. The first kappa shape index (κ1) is 35.2. The van der Waals surface area contributed by atoms with Gasteiger partial charge >= 0.3 is 0 Å². The molecular formula is C54H38N4OPt-2. The van der Waals surface area contributed by atoms with Gasteiger partial charge in [-0.25, -0.2) is 4.98 Å². The van der Waals surface area contributed by atoms with Crippen molar-refractivity contribution < 1.29 is 33.1 Å². The molecule has 6 heteroatoms. The third kappa shape index (κ3) is 6.38. The smallest absolute Gasteiger partial charge is 0.267 e. The molecule has 0 N–H and O–H groups in total. The Bertz CT molecular complexity index is 3830. The van der Waals surface area contributed by atoms with E-state index in [1.807, 2.05) is 48.7 Å². The maximum atomic E-state index is 9.14. The molecule has 11 rings (SSSR count). The van der Waals surface area contributed by atoms with Crippen molar-refractivity contribution in [3.8, 4) is 28.7 Å². The van der Waals surface area contributed by atoms with E-state index in [1.165, 1.54) is 21.2 Å². The van der Waals surface area contributed by atoms with E-state index in [1.54, 1.807) is 9.13 Å². The molecule has 1 aliphatic carbocycles. The van der Waals surface area contributed by atoms with Crippen molar-refractivity contribution in [2.24, 2.45) is 0 Å². The third-order valence-electron chi connectivity index (χ3n) is 11.3. The van der Waals surface area contributed by atoms with Gasteiger partial charge in [0.25, 0.3) is 6.33 Å². The fourth-order valence-electron chi connectivity index (χ4n) is 8.40. The SMILES string of the molecule is [2H]c1c([2H])[n+](-c2ccc3/c(c2)=c2/cccc/c2=c2\cccc\c2=c2/cccc/c2=3)[c-]n1-c1[c-]c(Oc2[c-]c3c(cc2)c2ccccc2n3-c2cc(C(C)(C)C)ccn2)ccc1.[Pt]. The average Bonchev–Trinajstić information content (AvgIpc) is 3.78. The maximum Gasteiger partial charge on any atom is 0.267 e. The molecule has 0 spiro atoms. The van der Waals surface area contributed by atoms with E-state index in [0.717, 1.165) is 59.4 Å². The number of rotatable bonds is 5. The number of pyridine rings is 1. The van der Waals surface area contributed by atoms with Gasteiger partial charge < -0.3 is 13.9 Å². The molecule has 10 aromatic rings. The van der Waals surface area contributed by atoms with Crippen molar-refractivity contribution >= 4 is 21.8 Å². The molecular weight excluding hydrogens is 916 g/mol. The number of ether oxygens (including phenoxy) is 1. The summed E-state index contributed by atoms with van der Waals surface area (Å²) >= 11 is 0. The fraction of sp³-hybridized carbons (Fsp3) is 0.0741. The van der Waals surface area contributed by atoms with Gasteiger partial charge in [-0.05, 0) is 94.1 Å². The van der Waals surface area contributed by atoms with Crippen molar-refractivity contribution in [3.63, 3.8) is 0 Å². The first-order chi connectivity index (χ1) is 29.7. The summed E-state index contributed by atoms with van der Waals surface area (Å²) in [6.45, 7) is 6.61. The number of aromatic nitrogens is 4. The Morgan fingerprint density at radius 1 is 0.600 bits per heavy atom. The molecule has 7 aromatic carbocycles. The second-order valence-corrected chi connectivity index (χ2v) is 16.0. The van der Waals surface area contributed by atoms with E-state index in [2.05, 4.69) is 159 Å². The minimum atomic E-state index is -0.0442. The zero-order valence-corrected chi connectivity index (χ0v) is 35.4. The van der Waals surface area contributed by atoms with E-state index in [0.29, 0.717) is 17.2 Å². The summed E-state index contributed by atoms with van der Waals surface area (Å²) in [6, 6.07) is 60.8. The zero-order valence-electron chi connectivity index (χ0n) is 35.1. The van der Waals surface area contributed by atoms with Crippen LogP contribution in [0.1, 0.15) is 29.1 Å². The average molecular weight is 956 g/mol. The molecule has 292 valence electrons. The fourth-order valence-corrected chi connectivity index (χ4v) is 8.40. The van der Waals surface area contributed by atoms with Crippen LogP contribution in [0, 0.1) is 60.2 Å². The Morgan fingerprint density at radius 2 is 1.22 bits per heavy atom. The van der Waals surface area contributed by atoms with Gasteiger partial charge in [0.05, 0.1) is 8.43 Å². The van der Waals surface area contributed by atoms with Crippen LogP contribution in [0.15, 0.2) is 176 Å². The number of hydrogen-bond acceptors (Lipinski definition) is 2. The minimum Gasteiger partial charge on any atom is -0.510 e. The Hall–Kier alpha value is -6.81. The van der Waals surface area contributed by atoms with Crippen LogP contribution in [0.2, 0.25) is 0 Å². The van der Waals surface area contributed by atoms with Gasteiger partial charge in [0, 0.05) is 56.6 Å². The number of benzene rings is 7. The van der Waals surface area contributed by atoms with Crippen LogP contribution in [0.4, 0.5) is 0 Å². The molecule has 0 radical (unpaired) electrons. The van der Waals surface area contributed by atoms with Gasteiger partial charge in [-0.1, -0.05) is 123 Å². The van der Waals surface area contributed by atoms with Crippen LogP contribution in [0.5, 0.6) is 11.5 Å². The van der Waals surface area contributed by atoms with Crippen molar-refractivity contribution in [3.05, 3.63) is 242 Å². The Morgan fingerprint density at radius 3 is 1.90 bits per heavy atom. The van der Waals surface area contributed by atoms with E-state index in [-0.39, 0.29) is 38.8 Å². The van der Waals surface area contributed by atoms with Gasteiger partial charge in [0.1, 0.15) is 5.82 Å². The molecule has 0 saturated carbocycles. The molecule has 0 aliphatic heterocycles.